The third-order valence-corrected chi connectivity index (χ3v) is 1.65. The van der Waals surface area contributed by atoms with E-state index in [1.54, 1.807) is 6.92 Å². The van der Waals surface area contributed by atoms with Gasteiger partial charge in [-0.05, 0) is 19.3 Å². The third-order valence-electron chi connectivity index (χ3n) is 1.65. The summed E-state index contributed by atoms with van der Waals surface area (Å²) in [7, 11) is 0. The fourth-order valence-electron chi connectivity index (χ4n) is 1.06. The number of carbonyl (C=O) groups is 2. The maximum Gasteiger partial charge on any atom is 0.326 e. The number of urea groups is 1. The minimum Gasteiger partial charge on any atom is -0.480 e. The van der Waals surface area contributed by atoms with Gasteiger partial charge >= 0.3 is 12.0 Å². The molecule has 0 aromatic heterocycles. The smallest absolute Gasteiger partial charge is 0.326 e. The van der Waals surface area contributed by atoms with E-state index in [1.807, 2.05) is 13.8 Å². The molecule has 5 heteroatoms. The van der Waals surface area contributed by atoms with Crippen LogP contribution in [0.25, 0.3) is 0 Å². The average Bonchev–Trinajstić information content (AvgIpc) is 2.02. The Morgan fingerprint density at radius 1 is 1.36 bits per heavy atom. The molecule has 0 aromatic carbocycles. The van der Waals surface area contributed by atoms with Crippen LogP contribution in [-0.4, -0.2) is 29.7 Å². The number of carboxylic acid groups (broad SMARTS) is 1. The molecule has 5 nitrogen and oxygen atoms in total. The molecule has 0 spiro atoms. The summed E-state index contributed by atoms with van der Waals surface area (Å²) in [5.74, 6) is -0.761. The monoisotopic (exact) mass is 202 g/mol. The van der Waals surface area contributed by atoms with Crippen molar-refractivity contribution in [3.05, 3.63) is 0 Å². The van der Waals surface area contributed by atoms with Crippen LogP contribution in [0.4, 0.5) is 4.79 Å². The van der Waals surface area contributed by atoms with E-state index >= 15 is 0 Å². The van der Waals surface area contributed by atoms with Crippen molar-refractivity contribution in [1.29, 1.82) is 0 Å². The van der Waals surface area contributed by atoms with E-state index in [-0.39, 0.29) is 5.92 Å². The Kier molecular flexibility index (Phi) is 5.67. The molecule has 0 aliphatic carbocycles. The standard InChI is InChI=1S/C9H18N2O3/c1-4-10-9(14)11-7(8(12)13)5-6(2)3/h6-7H,4-5H2,1-3H3,(H,12,13)(H2,10,11,14)/t7-/m0/s1. The second kappa shape index (κ2) is 6.23. The lowest BCUT2D eigenvalue weighted by molar-refractivity contribution is -0.139. The lowest BCUT2D eigenvalue weighted by Crippen LogP contribution is -2.46. The van der Waals surface area contributed by atoms with Crippen LogP contribution in [0.5, 0.6) is 0 Å². The highest BCUT2D eigenvalue weighted by Gasteiger charge is 2.20. The van der Waals surface area contributed by atoms with E-state index in [9.17, 15) is 9.59 Å². The van der Waals surface area contributed by atoms with Crippen molar-refractivity contribution in [3.63, 3.8) is 0 Å². The largest absolute Gasteiger partial charge is 0.480 e. The number of amides is 2. The Morgan fingerprint density at radius 2 is 1.93 bits per heavy atom. The number of carbonyl (C=O) groups excluding carboxylic acids is 1. The molecular weight excluding hydrogens is 184 g/mol. The molecule has 0 heterocycles. The highest BCUT2D eigenvalue weighted by molar-refractivity contribution is 5.82. The van der Waals surface area contributed by atoms with E-state index in [0.717, 1.165) is 0 Å². The summed E-state index contributed by atoms with van der Waals surface area (Å²) >= 11 is 0. The Bertz CT molecular complexity index is 204. The van der Waals surface area contributed by atoms with Crippen molar-refractivity contribution in [2.75, 3.05) is 6.54 Å². The summed E-state index contributed by atoms with van der Waals surface area (Å²) in [6.45, 7) is 6.09. The summed E-state index contributed by atoms with van der Waals surface area (Å²) in [6, 6.07) is -1.23. The van der Waals surface area contributed by atoms with Gasteiger partial charge in [0.25, 0.3) is 0 Å². The maximum atomic E-state index is 11.1. The first-order chi connectivity index (χ1) is 6.47. The predicted octanol–water partition coefficient (Wildman–Crippen LogP) is 0.805. The van der Waals surface area contributed by atoms with Crippen LogP contribution in [0.1, 0.15) is 27.2 Å². The van der Waals surface area contributed by atoms with Gasteiger partial charge in [0.1, 0.15) is 6.04 Å². The zero-order chi connectivity index (χ0) is 11.1. The Hall–Kier alpha value is -1.26. The van der Waals surface area contributed by atoms with Crippen molar-refractivity contribution >= 4 is 12.0 Å². The topological polar surface area (TPSA) is 78.4 Å². The first kappa shape index (κ1) is 12.7. The molecule has 0 radical (unpaired) electrons. The summed E-state index contributed by atoms with van der Waals surface area (Å²) in [6.07, 6.45) is 0.437. The van der Waals surface area contributed by atoms with E-state index in [0.29, 0.717) is 13.0 Å². The van der Waals surface area contributed by atoms with Gasteiger partial charge in [0.05, 0.1) is 0 Å². The zero-order valence-electron chi connectivity index (χ0n) is 8.83. The van der Waals surface area contributed by atoms with Gasteiger partial charge in [0, 0.05) is 6.54 Å². The first-order valence-electron chi connectivity index (χ1n) is 4.74. The quantitative estimate of drug-likeness (QED) is 0.617. The molecule has 0 saturated carbocycles. The van der Waals surface area contributed by atoms with Gasteiger partial charge in [-0.1, -0.05) is 13.8 Å². The number of nitrogens with one attached hydrogen (secondary N) is 2. The van der Waals surface area contributed by atoms with Crippen LogP contribution < -0.4 is 10.6 Å². The summed E-state index contributed by atoms with van der Waals surface area (Å²) in [5, 5.41) is 13.7. The molecule has 2 amide bonds. The molecule has 0 bridgehead atoms. The van der Waals surface area contributed by atoms with Gasteiger partial charge in [-0.15, -0.1) is 0 Å². The molecule has 0 unspecified atom stereocenters. The Balaban J connectivity index is 4.09. The molecule has 82 valence electrons. The minimum absolute atomic E-state index is 0.234. The zero-order valence-corrected chi connectivity index (χ0v) is 8.83. The van der Waals surface area contributed by atoms with Crippen molar-refractivity contribution in [3.8, 4) is 0 Å². The second-order valence-electron chi connectivity index (χ2n) is 3.52. The molecular formula is C9H18N2O3. The predicted molar refractivity (Wildman–Crippen MR) is 53.1 cm³/mol. The van der Waals surface area contributed by atoms with Crippen molar-refractivity contribution in [2.24, 2.45) is 5.92 Å². The van der Waals surface area contributed by atoms with Crippen molar-refractivity contribution < 1.29 is 14.7 Å². The van der Waals surface area contributed by atoms with E-state index < -0.39 is 18.0 Å². The average molecular weight is 202 g/mol. The number of aliphatic carboxylic acids is 1. The van der Waals surface area contributed by atoms with Crippen LogP contribution >= 0.6 is 0 Å². The summed E-state index contributed by atoms with van der Waals surface area (Å²) < 4.78 is 0. The van der Waals surface area contributed by atoms with E-state index in [1.165, 1.54) is 0 Å². The number of rotatable bonds is 5. The fourth-order valence-corrected chi connectivity index (χ4v) is 1.06. The molecule has 14 heavy (non-hydrogen) atoms. The van der Waals surface area contributed by atoms with Crippen LogP contribution in [0.3, 0.4) is 0 Å². The maximum absolute atomic E-state index is 11.1. The highest BCUT2D eigenvalue weighted by Crippen LogP contribution is 2.04. The van der Waals surface area contributed by atoms with Gasteiger partial charge in [-0.3, -0.25) is 0 Å². The molecule has 0 rings (SSSR count). The number of carboxylic acids is 1. The van der Waals surface area contributed by atoms with Crippen molar-refractivity contribution in [1.82, 2.24) is 10.6 Å². The molecule has 0 fully saturated rings. The molecule has 0 aliphatic heterocycles. The lowest BCUT2D eigenvalue weighted by atomic mass is 10.0. The fraction of sp³-hybridized carbons (Fsp3) is 0.778. The molecule has 3 N–H and O–H groups in total. The Morgan fingerprint density at radius 3 is 2.29 bits per heavy atom. The van der Waals surface area contributed by atoms with Crippen molar-refractivity contribution in [2.45, 2.75) is 33.2 Å². The van der Waals surface area contributed by atoms with Gasteiger partial charge in [0.2, 0.25) is 0 Å². The molecule has 0 aromatic rings. The van der Waals surface area contributed by atoms with E-state index in [4.69, 9.17) is 5.11 Å². The minimum atomic E-state index is -0.995. The van der Waals surface area contributed by atoms with Crippen LogP contribution in [-0.2, 0) is 4.79 Å². The molecule has 0 aliphatic rings. The SMILES string of the molecule is CCNC(=O)N[C@@H](CC(C)C)C(=O)O. The third kappa shape index (κ3) is 5.40. The van der Waals surface area contributed by atoms with Crippen LogP contribution in [0.15, 0.2) is 0 Å². The molecule has 1 atom stereocenters. The normalized spacial score (nSPS) is 12.3. The Labute approximate surface area is 83.9 Å². The second-order valence-corrected chi connectivity index (χ2v) is 3.52. The van der Waals surface area contributed by atoms with Gasteiger partial charge in [-0.2, -0.15) is 0 Å². The van der Waals surface area contributed by atoms with Crippen LogP contribution in [0, 0.1) is 5.92 Å². The van der Waals surface area contributed by atoms with Crippen LogP contribution in [0.2, 0.25) is 0 Å². The number of hydrogen-bond donors (Lipinski definition) is 3. The van der Waals surface area contributed by atoms with Gasteiger partial charge in [0.15, 0.2) is 0 Å². The summed E-state index contributed by atoms with van der Waals surface area (Å²) in [4.78, 5) is 21.8. The van der Waals surface area contributed by atoms with E-state index in [2.05, 4.69) is 10.6 Å². The number of hydrogen-bond acceptors (Lipinski definition) is 2. The van der Waals surface area contributed by atoms with Gasteiger partial charge in [-0.25, -0.2) is 9.59 Å². The lowest BCUT2D eigenvalue weighted by Gasteiger charge is -2.16. The first-order valence-corrected chi connectivity index (χ1v) is 4.74. The molecule has 0 saturated heterocycles. The summed E-state index contributed by atoms with van der Waals surface area (Å²) in [5.41, 5.74) is 0. The highest BCUT2D eigenvalue weighted by atomic mass is 16.4. The van der Waals surface area contributed by atoms with Gasteiger partial charge < -0.3 is 15.7 Å².